The first-order valence-corrected chi connectivity index (χ1v) is 8.21. The molecule has 0 fully saturated rings. The fraction of sp³-hybridized carbons (Fsp3) is 0.333. The Morgan fingerprint density at radius 3 is 2.45 bits per heavy atom. The number of nitrogens with one attached hydrogen (secondary N) is 1. The molecule has 118 valence electrons. The smallest absolute Gasteiger partial charge is 0.119 e. The summed E-state index contributed by atoms with van der Waals surface area (Å²) in [4.78, 5) is 0. The Kier molecular flexibility index (Phi) is 6.41. The van der Waals surface area contributed by atoms with Crippen molar-refractivity contribution in [1.29, 1.82) is 0 Å². The zero-order chi connectivity index (χ0) is 15.9. The van der Waals surface area contributed by atoms with Gasteiger partial charge in [0.1, 0.15) is 5.75 Å². The van der Waals surface area contributed by atoms with Crippen molar-refractivity contribution in [1.82, 2.24) is 0 Å². The third-order valence-electron chi connectivity index (χ3n) is 3.30. The van der Waals surface area contributed by atoms with Crippen LogP contribution in [0.25, 0.3) is 0 Å². The van der Waals surface area contributed by atoms with E-state index < -0.39 is 0 Å². The fourth-order valence-electron chi connectivity index (χ4n) is 1.95. The molecule has 0 spiro atoms. The second-order valence-electron chi connectivity index (χ2n) is 5.65. The first kappa shape index (κ1) is 17.0. The van der Waals surface area contributed by atoms with Gasteiger partial charge in [-0.2, -0.15) is 0 Å². The zero-order valence-corrected chi connectivity index (χ0v) is 14.4. The molecule has 2 nitrogen and oxygen atoms in total. The minimum atomic E-state index is 0.658. The quantitative estimate of drug-likeness (QED) is 0.665. The van der Waals surface area contributed by atoms with E-state index in [1.807, 2.05) is 18.2 Å². The van der Waals surface area contributed by atoms with Gasteiger partial charge in [-0.25, -0.2) is 0 Å². The van der Waals surface area contributed by atoms with Crippen LogP contribution in [0, 0.1) is 5.92 Å². The Bertz CT molecular complexity index is 597. The average molecular weight is 338 g/mol. The molecule has 0 unspecified atom stereocenters. The topological polar surface area (TPSA) is 21.3 Å². The lowest BCUT2D eigenvalue weighted by atomic mass is 10.1. The van der Waals surface area contributed by atoms with E-state index >= 15 is 0 Å². The van der Waals surface area contributed by atoms with Gasteiger partial charge in [0.05, 0.1) is 17.3 Å². The Morgan fingerprint density at radius 1 is 1.05 bits per heavy atom. The summed E-state index contributed by atoms with van der Waals surface area (Å²) in [7, 11) is 0. The predicted octanol–water partition coefficient (Wildman–Crippen LogP) is 6.03. The lowest BCUT2D eigenvalue weighted by Crippen LogP contribution is -2.02. The van der Waals surface area contributed by atoms with Crippen LogP contribution < -0.4 is 10.1 Å². The van der Waals surface area contributed by atoms with E-state index in [9.17, 15) is 0 Å². The molecule has 0 heterocycles. The van der Waals surface area contributed by atoms with Crippen LogP contribution in [0.5, 0.6) is 5.75 Å². The summed E-state index contributed by atoms with van der Waals surface area (Å²) < 4.78 is 5.71. The number of hydrogen-bond donors (Lipinski definition) is 1. The number of rotatable bonds is 7. The van der Waals surface area contributed by atoms with Crippen LogP contribution in [0.4, 0.5) is 5.69 Å². The molecule has 0 aliphatic heterocycles. The maximum Gasteiger partial charge on any atom is 0.119 e. The average Bonchev–Trinajstić information content (AvgIpc) is 2.49. The van der Waals surface area contributed by atoms with E-state index in [4.69, 9.17) is 27.9 Å². The van der Waals surface area contributed by atoms with Crippen molar-refractivity contribution >= 4 is 28.9 Å². The van der Waals surface area contributed by atoms with Gasteiger partial charge in [-0.1, -0.05) is 49.2 Å². The van der Waals surface area contributed by atoms with Gasteiger partial charge < -0.3 is 10.1 Å². The van der Waals surface area contributed by atoms with Gasteiger partial charge in [-0.3, -0.25) is 0 Å². The van der Waals surface area contributed by atoms with E-state index in [1.165, 1.54) is 0 Å². The molecule has 0 saturated heterocycles. The molecular formula is C18H21Cl2NO. The van der Waals surface area contributed by atoms with E-state index in [2.05, 4.69) is 31.3 Å². The Morgan fingerprint density at radius 2 is 1.77 bits per heavy atom. The Labute approximate surface area is 142 Å². The molecule has 2 aromatic carbocycles. The van der Waals surface area contributed by atoms with Crippen LogP contribution >= 0.6 is 23.2 Å². The number of benzene rings is 2. The SMILES string of the molecule is CC(C)CCOc1ccc(CNc2cc(Cl)ccc2Cl)cc1. The highest BCUT2D eigenvalue weighted by atomic mass is 35.5. The molecule has 0 aliphatic rings. The molecule has 0 amide bonds. The monoisotopic (exact) mass is 337 g/mol. The fourth-order valence-corrected chi connectivity index (χ4v) is 2.30. The molecular weight excluding hydrogens is 317 g/mol. The lowest BCUT2D eigenvalue weighted by molar-refractivity contribution is 0.289. The lowest BCUT2D eigenvalue weighted by Gasteiger charge is -2.11. The van der Waals surface area contributed by atoms with E-state index in [1.54, 1.807) is 12.1 Å². The molecule has 4 heteroatoms. The summed E-state index contributed by atoms with van der Waals surface area (Å²) in [6, 6.07) is 13.5. The van der Waals surface area contributed by atoms with Gasteiger partial charge in [-0.05, 0) is 48.2 Å². The normalized spacial score (nSPS) is 10.8. The first-order valence-electron chi connectivity index (χ1n) is 7.45. The van der Waals surface area contributed by atoms with E-state index in [-0.39, 0.29) is 0 Å². The van der Waals surface area contributed by atoms with Gasteiger partial charge in [-0.15, -0.1) is 0 Å². The van der Waals surface area contributed by atoms with Gasteiger partial charge in [0.2, 0.25) is 0 Å². The third-order valence-corrected chi connectivity index (χ3v) is 3.86. The minimum Gasteiger partial charge on any atom is -0.494 e. The highest BCUT2D eigenvalue weighted by Gasteiger charge is 2.02. The van der Waals surface area contributed by atoms with Gasteiger partial charge >= 0.3 is 0 Å². The highest BCUT2D eigenvalue weighted by molar-refractivity contribution is 6.35. The Hall–Kier alpha value is -1.38. The van der Waals surface area contributed by atoms with Crippen molar-refractivity contribution in [2.45, 2.75) is 26.8 Å². The van der Waals surface area contributed by atoms with Gasteiger partial charge in [0.15, 0.2) is 0 Å². The summed E-state index contributed by atoms with van der Waals surface area (Å²) >= 11 is 12.1. The largest absolute Gasteiger partial charge is 0.494 e. The molecule has 0 atom stereocenters. The zero-order valence-electron chi connectivity index (χ0n) is 12.9. The Balaban J connectivity index is 1.87. The van der Waals surface area contributed by atoms with E-state index in [0.717, 1.165) is 30.0 Å². The van der Waals surface area contributed by atoms with Crippen LogP contribution in [0.3, 0.4) is 0 Å². The van der Waals surface area contributed by atoms with Crippen LogP contribution in [0.2, 0.25) is 10.0 Å². The minimum absolute atomic E-state index is 0.658. The van der Waals surface area contributed by atoms with Gasteiger partial charge in [0.25, 0.3) is 0 Å². The van der Waals surface area contributed by atoms with Crippen molar-refractivity contribution in [2.24, 2.45) is 5.92 Å². The molecule has 0 saturated carbocycles. The van der Waals surface area contributed by atoms with Crippen molar-refractivity contribution in [3.8, 4) is 5.75 Å². The number of ether oxygens (including phenoxy) is 1. The number of hydrogen-bond acceptors (Lipinski definition) is 2. The van der Waals surface area contributed by atoms with Crippen molar-refractivity contribution in [3.63, 3.8) is 0 Å². The second-order valence-corrected chi connectivity index (χ2v) is 6.50. The highest BCUT2D eigenvalue weighted by Crippen LogP contribution is 2.26. The standard InChI is InChI=1S/C18H21Cl2NO/c1-13(2)9-10-22-16-6-3-14(4-7-16)12-21-18-11-15(19)5-8-17(18)20/h3-8,11,13,21H,9-10,12H2,1-2H3. The molecule has 0 aromatic heterocycles. The summed E-state index contributed by atoms with van der Waals surface area (Å²) in [5, 5.41) is 4.62. The van der Waals surface area contributed by atoms with Crippen molar-refractivity contribution in [3.05, 3.63) is 58.1 Å². The maximum absolute atomic E-state index is 6.13. The van der Waals surface area contributed by atoms with Crippen LogP contribution in [0.15, 0.2) is 42.5 Å². The summed E-state index contributed by atoms with van der Waals surface area (Å²) in [5.41, 5.74) is 2.00. The van der Waals surface area contributed by atoms with Crippen LogP contribution in [0.1, 0.15) is 25.8 Å². The molecule has 22 heavy (non-hydrogen) atoms. The van der Waals surface area contributed by atoms with Crippen LogP contribution in [-0.2, 0) is 6.54 Å². The molecule has 0 bridgehead atoms. The van der Waals surface area contributed by atoms with Crippen molar-refractivity contribution < 1.29 is 4.74 Å². The van der Waals surface area contributed by atoms with Crippen molar-refractivity contribution in [2.75, 3.05) is 11.9 Å². The maximum atomic E-state index is 6.13. The molecule has 0 aliphatic carbocycles. The first-order chi connectivity index (χ1) is 10.5. The summed E-state index contributed by atoms with van der Waals surface area (Å²) in [6.45, 7) is 5.83. The second kappa shape index (κ2) is 8.30. The molecule has 1 N–H and O–H groups in total. The number of anilines is 1. The van der Waals surface area contributed by atoms with Gasteiger partial charge in [0, 0.05) is 11.6 Å². The summed E-state index contributed by atoms with van der Waals surface area (Å²) in [5.74, 6) is 1.57. The molecule has 2 rings (SSSR count). The summed E-state index contributed by atoms with van der Waals surface area (Å²) in [6.07, 6.45) is 1.07. The molecule has 2 aromatic rings. The van der Waals surface area contributed by atoms with Crippen LogP contribution in [-0.4, -0.2) is 6.61 Å². The predicted molar refractivity (Wildman–Crippen MR) is 95.2 cm³/mol. The third kappa shape index (κ3) is 5.43. The van der Waals surface area contributed by atoms with E-state index in [0.29, 0.717) is 22.5 Å². The molecule has 0 radical (unpaired) electrons. The number of halogens is 2.